The van der Waals surface area contributed by atoms with Gasteiger partial charge in [0.15, 0.2) is 0 Å². The third-order valence-corrected chi connectivity index (χ3v) is 3.29. The van der Waals surface area contributed by atoms with E-state index in [0.717, 1.165) is 12.8 Å². The molecule has 0 aliphatic carbocycles. The van der Waals surface area contributed by atoms with Gasteiger partial charge in [-0.05, 0) is 30.5 Å². The summed E-state index contributed by atoms with van der Waals surface area (Å²) in [6.45, 7) is 0.361. The number of benzene rings is 2. The smallest absolute Gasteiger partial charge is 0.340 e. The van der Waals surface area contributed by atoms with Crippen LogP contribution in [0.1, 0.15) is 22.3 Å². The molecule has 0 radical (unpaired) electrons. The van der Waals surface area contributed by atoms with Crippen molar-refractivity contribution >= 4 is 23.3 Å². The number of hydrogen-bond acceptors (Lipinski definition) is 3. The van der Waals surface area contributed by atoms with Crippen molar-refractivity contribution in [3.63, 3.8) is 0 Å². The fourth-order valence-electron chi connectivity index (χ4n) is 1.88. The van der Waals surface area contributed by atoms with E-state index in [4.69, 9.17) is 22.1 Å². The number of nitrogens with two attached hydrogens (primary N) is 1. The van der Waals surface area contributed by atoms with Crippen molar-refractivity contribution in [2.24, 2.45) is 0 Å². The summed E-state index contributed by atoms with van der Waals surface area (Å²) < 4.78 is 5.21. The average molecular weight is 290 g/mol. The highest BCUT2D eigenvalue weighted by Gasteiger charge is 2.12. The maximum atomic E-state index is 11.9. The van der Waals surface area contributed by atoms with Gasteiger partial charge in [0.25, 0.3) is 0 Å². The van der Waals surface area contributed by atoms with Crippen LogP contribution in [0.5, 0.6) is 0 Å². The Morgan fingerprint density at radius 3 is 2.60 bits per heavy atom. The number of hydrogen-bond donors (Lipinski definition) is 1. The SMILES string of the molecule is Nc1c(Cl)cccc1C(=O)OCCCc1ccccc1. The molecule has 0 amide bonds. The molecule has 2 rings (SSSR count). The van der Waals surface area contributed by atoms with Crippen LogP contribution < -0.4 is 5.73 Å². The molecule has 0 aliphatic rings. The summed E-state index contributed by atoms with van der Waals surface area (Å²) >= 11 is 5.87. The summed E-state index contributed by atoms with van der Waals surface area (Å²) in [5, 5.41) is 0.365. The van der Waals surface area contributed by atoms with Crippen molar-refractivity contribution in [2.45, 2.75) is 12.8 Å². The number of halogens is 1. The van der Waals surface area contributed by atoms with Gasteiger partial charge in [0.1, 0.15) is 0 Å². The molecule has 0 saturated carbocycles. The Bertz CT molecular complexity index is 584. The minimum Gasteiger partial charge on any atom is -0.462 e. The van der Waals surface area contributed by atoms with Crippen LogP contribution in [0.25, 0.3) is 0 Å². The van der Waals surface area contributed by atoms with Gasteiger partial charge in [0.2, 0.25) is 0 Å². The van der Waals surface area contributed by atoms with E-state index in [0.29, 0.717) is 17.2 Å². The van der Waals surface area contributed by atoms with Gasteiger partial charge in [0.05, 0.1) is 22.9 Å². The summed E-state index contributed by atoms with van der Waals surface area (Å²) in [5.41, 5.74) is 7.56. The molecule has 0 unspecified atom stereocenters. The van der Waals surface area contributed by atoms with Gasteiger partial charge in [-0.3, -0.25) is 0 Å². The molecule has 4 heteroatoms. The predicted molar refractivity (Wildman–Crippen MR) is 80.9 cm³/mol. The number of carbonyl (C=O) groups excluding carboxylic acids is 1. The zero-order chi connectivity index (χ0) is 14.4. The van der Waals surface area contributed by atoms with Gasteiger partial charge in [-0.1, -0.05) is 48.0 Å². The second kappa shape index (κ2) is 6.96. The monoisotopic (exact) mass is 289 g/mol. The lowest BCUT2D eigenvalue weighted by molar-refractivity contribution is 0.0502. The summed E-state index contributed by atoms with van der Waals surface area (Å²) in [5.74, 6) is -0.432. The topological polar surface area (TPSA) is 52.3 Å². The van der Waals surface area contributed by atoms with Crippen LogP contribution in [0, 0.1) is 0 Å². The highest BCUT2D eigenvalue weighted by molar-refractivity contribution is 6.33. The molecule has 0 saturated heterocycles. The molecule has 2 aromatic rings. The van der Waals surface area contributed by atoms with Gasteiger partial charge in [-0.15, -0.1) is 0 Å². The Kier molecular flexibility index (Phi) is 5.02. The summed E-state index contributed by atoms with van der Waals surface area (Å²) in [7, 11) is 0. The summed E-state index contributed by atoms with van der Waals surface area (Å²) in [6, 6.07) is 15.0. The number of rotatable bonds is 5. The van der Waals surface area contributed by atoms with Crippen molar-refractivity contribution < 1.29 is 9.53 Å². The molecule has 0 aromatic heterocycles. The van der Waals surface area contributed by atoms with Crippen LogP contribution in [0.2, 0.25) is 5.02 Å². The molecule has 0 aliphatic heterocycles. The van der Waals surface area contributed by atoms with Gasteiger partial charge < -0.3 is 10.5 Å². The lowest BCUT2D eigenvalue weighted by Gasteiger charge is -2.08. The average Bonchev–Trinajstić information content (AvgIpc) is 2.47. The first-order valence-electron chi connectivity index (χ1n) is 6.43. The largest absolute Gasteiger partial charge is 0.462 e. The summed E-state index contributed by atoms with van der Waals surface area (Å²) in [4.78, 5) is 11.9. The maximum absolute atomic E-state index is 11.9. The van der Waals surface area contributed by atoms with E-state index in [-0.39, 0.29) is 5.69 Å². The minimum atomic E-state index is -0.432. The molecule has 0 atom stereocenters. The van der Waals surface area contributed by atoms with E-state index in [1.165, 1.54) is 5.56 Å². The van der Waals surface area contributed by atoms with Crippen molar-refractivity contribution in [3.05, 3.63) is 64.7 Å². The van der Waals surface area contributed by atoms with Crippen molar-refractivity contribution in [2.75, 3.05) is 12.3 Å². The molecular weight excluding hydrogens is 274 g/mol. The molecule has 20 heavy (non-hydrogen) atoms. The van der Waals surface area contributed by atoms with Crippen LogP contribution in [0.15, 0.2) is 48.5 Å². The van der Waals surface area contributed by atoms with Crippen molar-refractivity contribution in [1.29, 1.82) is 0 Å². The zero-order valence-corrected chi connectivity index (χ0v) is 11.8. The number of aryl methyl sites for hydroxylation is 1. The van der Waals surface area contributed by atoms with E-state index in [9.17, 15) is 4.79 Å². The molecule has 0 spiro atoms. The zero-order valence-electron chi connectivity index (χ0n) is 11.0. The van der Waals surface area contributed by atoms with Gasteiger partial charge in [0, 0.05) is 0 Å². The molecule has 0 fully saturated rings. The van der Waals surface area contributed by atoms with E-state index < -0.39 is 5.97 Å². The molecule has 2 aromatic carbocycles. The van der Waals surface area contributed by atoms with Gasteiger partial charge in [-0.25, -0.2) is 4.79 Å². The molecule has 2 N–H and O–H groups in total. The van der Waals surface area contributed by atoms with E-state index in [1.807, 2.05) is 18.2 Å². The number of carbonyl (C=O) groups is 1. The normalized spacial score (nSPS) is 10.2. The quantitative estimate of drug-likeness (QED) is 0.518. The Morgan fingerprint density at radius 1 is 1.10 bits per heavy atom. The van der Waals surface area contributed by atoms with Crippen molar-refractivity contribution in [3.8, 4) is 0 Å². The van der Waals surface area contributed by atoms with Crippen LogP contribution in [0.4, 0.5) is 5.69 Å². The molecular formula is C16H16ClNO2. The molecule has 104 valence electrons. The first-order chi connectivity index (χ1) is 9.68. The lowest BCUT2D eigenvalue weighted by atomic mass is 10.1. The number of anilines is 1. The maximum Gasteiger partial charge on any atom is 0.340 e. The Hall–Kier alpha value is -2.00. The van der Waals surface area contributed by atoms with Gasteiger partial charge >= 0.3 is 5.97 Å². The van der Waals surface area contributed by atoms with Crippen LogP contribution in [-0.4, -0.2) is 12.6 Å². The minimum absolute atomic E-state index is 0.266. The van der Waals surface area contributed by atoms with Gasteiger partial charge in [-0.2, -0.15) is 0 Å². The van der Waals surface area contributed by atoms with Crippen LogP contribution in [0.3, 0.4) is 0 Å². The first-order valence-corrected chi connectivity index (χ1v) is 6.81. The van der Waals surface area contributed by atoms with E-state index in [1.54, 1.807) is 18.2 Å². The third kappa shape index (κ3) is 3.75. The van der Waals surface area contributed by atoms with E-state index >= 15 is 0 Å². The number of esters is 1. The fourth-order valence-corrected chi connectivity index (χ4v) is 2.05. The van der Waals surface area contributed by atoms with E-state index in [2.05, 4.69) is 12.1 Å². The third-order valence-electron chi connectivity index (χ3n) is 2.96. The summed E-state index contributed by atoms with van der Waals surface area (Å²) in [6.07, 6.45) is 1.65. The second-order valence-electron chi connectivity index (χ2n) is 4.43. The molecule has 3 nitrogen and oxygen atoms in total. The number of nitrogen functional groups attached to an aromatic ring is 1. The Morgan fingerprint density at radius 2 is 1.85 bits per heavy atom. The Labute approximate surface area is 123 Å². The van der Waals surface area contributed by atoms with Crippen LogP contribution in [-0.2, 0) is 11.2 Å². The highest BCUT2D eigenvalue weighted by Crippen LogP contribution is 2.22. The fraction of sp³-hybridized carbons (Fsp3) is 0.188. The number of ether oxygens (including phenoxy) is 1. The Balaban J connectivity index is 1.82. The lowest BCUT2D eigenvalue weighted by Crippen LogP contribution is -2.10. The number of para-hydroxylation sites is 1. The standard InChI is InChI=1S/C16H16ClNO2/c17-14-10-4-9-13(15(14)18)16(19)20-11-5-8-12-6-2-1-3-7-12/h1-4,6-7,9-10H,5,8,11,18H2. The highest BCUT2D eigenvalue weighted by atomic mass is 35.5. The van der Waals surface area contributed by atoms with Crippen LogP contribution >= 0.6 is 11.6 Å². The molecule has 0 heterocycles. The second-order valence-corrected chi connectivity index (χ2v) is 4.83. The predicted octanol–water partition coefficient (Wildman–Crippen LogP) is 3.71. The molecule has 0 bridgehead atoms. The first kappa shape index (κ1) is 14.4. The van der Waals surface area contributed by atoms with Crippen molar-refractivity contribution in [1.82, 2.24) is 0 Å².